The number of rotatable bonds is 9. The summed E-state index contributed by atoms with van der Waals surface area (Å²) in [6, 6.07) is 0. The molecule has 2 aliphatic rings. The molecule has 0 spiro atoms. The van der Waals surface area contributed by atoms with Crippen LogP contribution < -0.4 is 5.32 Å². The molecule has 2 fully saturated rings. The average molecular weight is 310 g/mol. The number of aliphatic hydroxyl groups excluding tert-OH is 2. The van der Waals surface area contributed by atoms with Crippen LogP contribution in [0.3, 0.4) is 0 Å². The van der Waals surface area contributed by atoms with Crippen molar-refractivity contribution >= 4 is 12.4 Å². The number of halogens is 1. The molecule has 0 aromatic carbocycles. The first-order valence-corrected chi connectivity index (χ1v) is 7.29. The van der Waals surface area contributed by atoms with Crippen molar-refractivity contribution in [2.75, 3.05) is 40.0 Å². The number of aliphatic hydroxyl groups is 2. The summed E-state index contributed by atoms with van der Waals surface area (Å²) in [5.74, 6) is 0.836. The summed E-state index contributed by atoms with van der Waals surface area (Å²) in [7, 11) is 1.65. The van der Waals surface area contributed by atoms with Gasteiger partial charge in [-0.05, 0) is 38.1 Å². The van der Waals surface area contributed by atoms with Gasteiger partial charge in [-0.2, -0.15) is 0 Å². The fraction of sp³-hybridized carbons (Fsp3) is 1.00. The number of nitrogens with one attached hydrogen (secondary N) is 1. The maximum absolute atomic E-state index is 9.80. The van der Waals surface area contributed by atoms with E-state index < -0.39 is 12.2 Å². The van der Waals surface area contributed by atoms with Gasteiger partial charge in [0.1, 0.15) is 0 Å². The second-order valence-electron chi connectivity index (χ2n) is 6.16. The van der Waals surface area contributed by atoms with Crippen LogP contribution in [0.15, 0.2) is 0 Å². The summed E-state index contributed by atoms with van der Waals surface area (Å²) in [6.45, 7) is 3.57. The topological polar surface area (TPSA) is 71.0 Å². The lowest BCUT2D eigenvalue weighted by Gasteiger charge is -2.29. The zero-order valence-corrected chi connectivity index (χ0v) is 13.0. The number of ether oxygens (including phenoxy) is 2. The van der Waals surface area contributed by atoms with Gasteiger partial charge >= 0.3 is 0 Å². The normalized spacial score (nSPS) is 33.1. The van der Waals surface area contributed by atoms with Crippen molar-refractivity contribution in [2.45, 2.75) is 37.9 Å². The van der Waals surface area contributed by atoms with Crippen LogP contribution in [0, 0.1) is 11.3 Å². The second kappa shape index (κ2) is 8.51. The molecule has 0 aromatic rings. The zero-order valence-electron chi connectivity index (χ0n) is 12.2. The predicted molar refractivity (Wildman–Crippen MR) is 79.2 cm³/mol. The Labute approximate surface area is 127 Å². The standard InChI is InChI=1S/C14H27NO4.ClH/c1-18-4-5-19-10-14(6-12(16)13(17)7-14)9-15-8-11-2-3-11;/h11-13,15-17H,2-10H2,1H3;1H/t12-,13+,14?;. The van der Waals surface area contributed by atoms with E-state index in [4.69, 9.17) is 9.47 Å². The summed E-state index contributed by atoms with van der Waals surface area (Å²) in [4.78, 5) is 0. The lowest BCUT2D eigenvalue weighted by Crippen LogP contribution is -2.38. The number of methoxy groups -OCH3 is 1. The van der Waals surface area contributed by atoms with Crippen LogP contribution in [-0.4, -0.2) is 62.4 Å². The van der Waals surface area contributed by atoms with E-state index in [1.54, 1.807) is 7.11 Å². The molecule has 20 heavy (non-hydrogen) atoms. The molecule has 2 aliphatic carbocycles. The maximum Gasteiger partial charge on any atom is 0.0806 e. The van der Waals surface area contributed by atoms with Crippen molar-refractivity contribution in [1.82, 2.24) is 5.32 Å². The molecular formula is C14H28ClNO4. The van der Waals surface area contributed by atoms with E-state index in [-0.39, 0.29) is 17.8 Å². The lowest BCUT2D eigenvalue weighted by molar-refractivity contribution is 0.0112. The van der Waals surface area contributed by atoms with Gasteiger partial charge in [-0.3, -0.25) is 0 Å². The minimum Gasteiger partial charge on any atom is -0.390 e. The quantitative estimate of drug-likeness (QED) is 0.543. The van der Waals surface area contributed by atoms with Crippen molar-refractivity contribution in [3.8, 4) is 0 Å². The molecule has 0 radical (unpaired) electrons. The molecule has 1 unspecified atom stereocenters. The predicted octanol–water partition coefficient (Wildman–Crippen LogP) is 0.573. The highest BCUT2D eigenvalue weighted by Gasteiger charge is 2.44. The third-order valence-corrected chi connectivity index (χ3v) is 4.20. The third kappa shape index (κ3) is 5.47. The van der Waals surface area contributed by atoms with E-state index in [1.165, 1.54) is 12.8 Å². The Morgan fingerprint density at radius 3 is 2.35 bits per heavy atom. The van der Waals surface area contributed by atoms with Gasteiger partial charge in [0.2, 0.25) is 0 Å². The average Bonchev–Trinajstić information content (AvgIpc) is 3.14. The highest BCUT2D eigenvalue weighted by molar-refractivity contribution is 5.85. The molecule has 0 heterocycles. The van der Waals surface area contributed by atoms with Crippen LogP contribution >= 0.6 is 12.4 Å². The molecule has 3 atom stereocenters. The minimum absolute atomic E-state index is 0. The first kappa shape index (κ1) is 18.1. The number of hydrogen-bond acceptors (Lipinski definition) is 5. The van der Waals surface area contributed by atoms with Crippen LogP contribution in [0.1, 0.15) is 25.7 Å². The van der Waals surface area contributed by atoms with E-state index in [0.717, 1.165) is 19.0 Å². The summed E-state index contributed by atoms with van der Waals surface area (Å²) in [5.41, 5.74) is -0.137. The van der Waals surface area contributed by atoms with Crippen LogP contribution in [0.2, 0.25) is 0 Å². The SMILES string of the molecule is COCCOCC1(CNCC2CC2)C[C@@H](O)[C@@H](O)C1.Cl. The maximum atomic E-state index is 9.80. The van der Waals surface area contributed by atoms with E-state index in [9.17, 15) is 10.2 Å². The van der Waals surface area contributed by atoms with Gasteiger partial charge in [0.25, 0.3) is 0 Å². The summed E-state index contributed by atoms with van der Waals surface area (Å²) in [6.07, 6.45) is 2.64. The first-order valence-electron chi connectivity index (χ1n) is 7.29. The molecular weight excluding hydrogens is 282 g/mol. The Morgan fingerprint density at radius 1 is 1.15 bits per heavy atom. The van der Waals surface area contributed by atoms with Gasteiger partial charge in [-0.15, -0.1) is 12.4 Å². The molecule has 2 rings (SSSR count). The van der Waals surface area contributed by atoms with Crippen LogP contribution in [-0.2, 0) is 9.47 Å². The van der Waals surface area contributed by atoms with Gasteiger partial charge in [-0.25, -0.2) is 0 Å². The first-order chi connectivity index (χ1) is 9.15. The summed E-state index contributed by atoms with van der Waals surface area (Å²) < 4.78 is 10.6. The zero-order chi connectivity index (χ0) is 13.7. The lowest BCUT2D eigenvalue weighted by atomic mass is 9.86. The van der Waals surface area contributed by atoms with E-state index in [2.05, 4.69) is 5.32 Å². The minimum atomic E-state index is -0.617. The summed E-state index contributed by atoms with van der Waals surface area (Å²) >= 11 is 0. The Balaban J connectivity index is 0.00000200. The van der Waals surface area contributed by atoms with Crippen LogP contribution in [0.4, 0.5) is 0 Å². The molecule has 120 valence electrons. The second-order valence-corrected chi connectivity index (χ2v) is 6.16. The molecule has 0 bridgehead atoms. The smallest absolute Gasteiger partial charge is 0.0806 e. The third-order valence-electron chi connectivity index (χ3n) is 4.20. The molecule has 0 aromatic heterocycles. The largest absolute Gasteiger partial charge is 0.390 e. The van der Waals surface area contributed by atoms with Gasteiger partial charge in [0.15, 0.2) is 0 Å². The fourth-order valence-electron chi connectivity index (χ4n) is 2.85. The van der Waals surface area contributed by atoms with Crippen molar-refractivity contribution in [1.29, 1.82) is 0 Å². The number of hydrogen-bond donors (Lipinski definition) is 3. The molecule has 2 saturated carbocycles. The van der Waals surface area contributed by atoms with Crippen molar-refractivity contribution < 1.29 is 19.7 Å². The Bertz CT molecular complexity index is 266. The van der Waals surface area contributed by atoms with Gasteiger partial charge in [-0.1, -0.05) is 0 Å². The van der Waals surface area contributed by atoms with E-state index >= 15 is 0 Å². The van der Waals surface area contributed by atoms with Gasteiger partial charge < -0.3 is 25.0 Å². The molecule has 3 N–H and O–H groups in total. The van der Waals surface area contributed by atoms with Gasteiger partial charge in [0.05, 0.1) is 32.0 Å². The van der Waals surface area contributed by atoms with Crippen molar-refractivity contribution in [3.05, 3.63) is 0 Å². The van der Waals surface area contributed by atoms with E-state index in [0.29, 0.717) is 32.7 Å². The fourth-order valence-corrected chi connectivity index (χ4v) is 2.85. The molecule has 0 amide bonds. The summed E-state index contributed by atoms with van der Waals surface area (Å²) in [5, 5.41) is 23.1. The molecule has 6 heteroatoms. The monoisotopic (exact) mass is 309 g/mol. The van der Waals surface area contributed by atoms with Crippen molar-refractivity contribution in [3.63, 3.8) is 0 Å². The highest BCUT2D eigenvalue weighted by atomic mass is 35.5. The van der Waals surface area contributed by atoms with Crippen LogP contribution in [0.25, 0.3) is 0 Å². The van der Waals surface area contributed by atoms with Crippen molar-refractivity contribution in [2.24, 2.45) is 11.3 Å². The van der Waals surface area contributed by atoms with Crippen LogP contribution in [0.5, 0.6) is 0 Å². The Kier molecular flexibility index (Phi) is 7.72. The highest BCUT2D eigenvalue weighted by Crippen LogP contribution is 2.38. The molecule has 0 aliphatic heterocycles. The Morgan fingerprint density at radius 2 is 1.80 bits per heavy atom. The Hall–Kier alpha value is 0.0900. The molecule has 5 nitrogen and oxygen atoms in total. The molecule has 0 saturated heterocycles. The van der Waals surface area contributed by atoms with Gasteiger partial charge in [0, 0.05) is 19.1 Å². The van der Waals surface area contributed by atoms with E-state index in [1.807, 2.05) is 0 Å².